The number of allylic oxidation sites excluding steroid dienone is 1. The lowest BCUT2D eigenvalue weighted by molar-refractivity contribution is 0.102. The van der Waals surface area contributed by atoms with E-state index in [1.807, 2.05) is 60.9 Å². The number of hydrogen-bond acceptors (Lipinski definition) is 5. The zero-order chi connectivity index (χ0) is 21.7. The molecule has 2 heterocycles. The molecule has 0 aliphatic rings. The van der Waals surface area contributed by atoms with Crippen LogP contribution in [0.1, 0.15) is 34.7 Å². The molecule has 0 spiro atoms. The maximum absolute atomic E-state index is 13.0. The van der Waals surface area contributed by atoms with Crippen LogP contribution in [0.2, 0.25) is 0 Å². The summed E-state index contributed by atoms with van der Waals surface area (Å²) < 4.78 is 9.43. The molecule has 6 nitrogen and oxygen atoms in total. The molecule has 0 aliphatic heterocycles. The summed E-state index contributed by atoms with van der Waals surface area (Å²) in [5.74, 6) is 1.16. The van der Waals surface area contributed by atoms with Gasteiger partial charge < -0.3 is 9.30 Å². The van der Waals surface area contributed by atoms with Gasteiger partial charge in [0.15, 0.2) is 16.8 Å². The van der Waals surface area contributed by atoms with Gasteiger partial charge in [-0.15, -0.1) is 16.8 Å². The van der Waals surface area contributed by atoms with E-state index in [1.54, 1.807) is 7.11 Å². The smallest absolute Gasteiger partial charge is 0.192 e. The predicted molar refractivity (Wildman–Crippen MR) is 121 cm³/mol. The van der Waals surface area contributed by atoms with Crippen LogP contribution in [0.4, 0.5) is 0 Å². The first-order valence-corrected chi connectivity index (χ1v) is 10.9. The Morgan fingerprint density at radius 3 is 2.67 bits per heavy atom. The van der Waals surface area contributed by atoms with Crippen LogP contribution in [-0.2, 0) is 11.3 Å². The fourth-order valence-electron chi connectivity index (χ4n) is 3.75. The molecule has 0 fully saturated rings. The molecule has 2 aromatic heterocycles. The van der Waals surface area contributed by atoms with Crippen LogP contribution in [0.5, 0.6) is 0 Å². The number of benzene rings is 1. The third-order valence-corrected chi connectivity index (χ3v) is 5.99. The van der Waals surface area contributed by atoms with Gasteiger partial charge in [0.05, 0.1) is 18.4 Å². The SMILES string of the molecule is C=CCn1c(SCC(=O)c2cc(C)n(C(C)COC)c2C)nnc1-c1ccccc1. The van der Waals surface area contributed by atoms with Crippen LogP contribution in [0.3, 0.4) is 0 Å². The predicted octanol–water partition coefficient (Wildman–Crippen LogP) is 4.73. The number of rotatable bonds is 10. The number of carbonyl (C=O) groups is 1. The molecule has 3 aromatic rings. The molecular formula is C23H28N4O2S. The van der Waals surface area contributed by atoms with Gasteiger partial charge >= 0.3 is 0 Å². The van der Waals surface area contributed by atoms with Crippen molar-refractivity contribution in [2.24, 2.45) is 0 Å². The molecule has 1 aromatic carbocycles. The molecule has 1 atom stereocenters. The zero-order valence-corrected chi connectivity index (χ0v) is 18.8. The standard InChI is InChI=1S/C23H28N4O2S/c1-6-12-26-22(19-10-8-7-9-11-19)24-25-23(26)30-15-21(28)20-13-16(2)27(18(20)4)17(3)14-29-5/h6-11,13,17H,1,12,14-15H2,2-5H3. The van der Waals surface area contributed by atoms with Gasteiger partial charge in [-0.25, -0.2) is 0 Å². The topological polar surface area (TPSA) is 61.9 Å². The molecule has 30 heavy (non-hydrogen) atoms. The Bertz CT molecular complexity index is 1020. The highest BCUT2D eigenvalue weighted by Crippen LogP contribution is 2.26. The van der Waals surface area contributed by atoms with Crippen molar-refractivity contribution >= 4 is 17.5 Å². The lowest BCUT2D eigenvalue weighted by Crippen LogP contribution is -2.15. The van der Waals surface area contributed by atoms with Crippen molar-refractivity contribution < 1.29 is 9.53 Å². The number of Topliss-reactive ketones (excluding diaryl/α,β-unsaturated/α-hetero) is 1. The summed E-state index contributed by atoms with van der Waals surface area (Å²) in [5, 5.41) is 9.39. The van der Waals surface area contributed by atoms with E-state index < -0.39 is 0 Å². The van der Waals surface area contributed by atoms with E-state index in [1.165, 1.54) is 11.8 Å². The van der Waals surface area contributed by atoms with Crippen LogP contribution in [0.25, 0.3) is 11.4 Å². The summed E-state index contributed by atoms with van der Waals surface area (Å²) >= 11 is 1.41. The third kappa shape index (κ3) is 4.57. The molecule has 1 unspecified atom stereocenters. The van der Waals surface area contributed by atoms with Crippen molar-refractivity contribution in [2.75, 3.05) is 19.5 Å². The van der Waals surface area contributed by atoms with Crippen molar-refractivity contribution in [2.45, 2.75) is 38.5 Å². The van der Waals surface area contributed by atoms with Crippen molar-refractivity contribution in [1.29, 1.82) is 0 Å². The Morgan fingerprint density at radius 1 is 1.27 bits per heavy atom. The van der Waals surface area contributed by atoms with Crippen LogP contribution < -0.4 is 0 Å². The first-order chi connectivity index (χ1) is 14.5. The summed E-state index contributed by atoms with van der Waals surface area (Å²) in [6.07, 6.45) is 1.81. The largest absolute Gasteiger partial charge is 0.383 e. The highest BCUT2D eigenvalue weighted by Gasteiger charge is 2.20. The Hall–Kier alpha value is -2.64. The number of aryl methyl sites for hydroxylation is 1. The van der Waals surface area contributed by atoms with Gasteiger partial charge in [0.2, 0.25) is 0 Å². The van der Waals surface area contributed by atoms with Crippen molar-refractivity contribution in [1.82, 2.24) is 19.3 Å². The zero-order valence-electron chi connectivity index (χ0n) is 18.0. The van der Waals surface area contributed by atoms with Gasteiger partial charge in [0.25, 0.3) is 0 Å². The summed E-state index contributed by atoms with van der Waals surface area (Å²) in [7, 11) is 1.69. The van der Waals surface area contributed by atoms with E-state index in [4.69, 9.17) is 4.74 Å². The minimum absolute atomic E-state index is 0.0818. The minimum atomic E-state index is 0.0818. The molecule has 0 amide bonds. The number of thioether (sulfide) groups is 1. The Labute approximate surface area is 182 Å². The summed E-state index contributed by atoms with van der Waals surface area (Å²) in [6, 6.07) is 12.0. The number of aromatic nitrogens is 4. The number of carbonyl (C=O) groups excluding carboxylic acids is 1. The van der Waals surface area contributed by atoms with Gasteiger partial charge in [-0.1, -0.05) is 48.2 Å². The molecule has 7 heteroatoms. The third-order valence-electron chi connectivity index (χ3n) is 5.03. The summed E-state index contributed by atoms with van der Waals surface area (Å²) in [4.78, 5) is 13.0. The van der Waals surface area contributed by atoms with Crippen LogP contribution in [-0.4, -0.2) is 44.6 Å². The quantitative estimate of drug-likeness (QED) is 0.267. The summed E-state index contributed by atoms with van der Waals surface area (Å²) in [5.41, 5.74) is 3.77. The van der Waals surface area contributed by atoms with Crippen LogP contribution in [0, 0.1) is 13.8 Å². The molecule has 0 saturated heterocycles. The summed E-state index contributed by atoms with van der Waals surface area (Å²) in [6.45, 7) is 11.1. The van der Waals surface area contributed by atoms with Crippen molar-refractivity contribution in [3.05, 3.63) is 66.0 Å². The van der Waals surface area contributed by atoms with E-state index in [9.17, 15) is 4.79 Å². The molecule has 0 bridgehead atoms. The Morgan fingerprint density at radius 2 is 2.00 bits per heavy atom. The van der Waals surface area contributed by atoms with E-state index >= 15 is 0 Å². The molecule has 0 N–H and O–H groups in total. The molecule has 0 saturated carbocycles. The molecule has 0 radical (unpaired) electrons. The second-order valence-corrected chi connectivity index (χ2v) is 8.19. The molecule has 0 aliphatic carbocycles. The number of ketones is 1. The van der Waals surface area contributed by atoms with Crippen molar-refractivity contribution in [3.63, 3.8) is 0 Å². The lowest BCUT2D eigenvalue weighted by atomic mass is 10.2. The second kappa shape index (κ2) is 9.91. The molecular weight excluding hydrogens is 396 g/mol. The lowest BCUT2D eigenvalue weighted by Gasteiger charge is -2.17. The van der Waals surface area contributed by atoms with Crippen molar-refractivity contribution in [3.8, 4) is 11.4 Å². The second-order valence-electron chi connectivity index (χ2n) is 7.24. The normalized spacial score (nSPS) is 12.1. The Kier molecular flexibility index (Phi) is 7.29. The maximum atomic E-state index is 13.0. The maximum Gasteiger partial charge on any atom is 0.192 e. The van der Waals surface area contributed by atoms with E-state index in [-0.39, 0.29) is 11.8 Å². The van der Waals surface area contributed by atoms with Gasteiger partial charge in [-0.2, -0.15) is 0 Å². The van der Waals surface area contributed by atoms with Crippen LogP contribution in [0.15, 0.2) is 54.2 Å². The van der Waals surface area contributed by atoms with E-state index in [0.717, 1.165) is 28.3 Å². The highest BCUT2D eigenvalue weighted by atomic mass is 32.2. The van der Waals surface area contributed by atoms with E-state index in [0.29, 0.717) is 24.1 Å². The van der Waals surface area contributed by atoms with E-state index in [2.05, 4.69) is 28.3 Å². The number of methoxy groups -OCH3 is 1. The molecule has 158 valence electrons. The average molecular weight is 425 g/mol. The number of nitrogens with zero attached hydrogens (tertiary/aromatic N) is 4. The number of hydrogen-bond donors (Lipinski definition) is 0. The first-order valence-electron chi connectivity index (χ1n) is 9.90. The van der Waals surface area contributed by atoms with Gasteiger partial charge in [-0.3, -0.25) is 9.36 Å². The first kappa shape index (κ1) is 22.1. The highest BCUT2D eigenvalue weighted by molar-refractivity contribution is 7.99. The Balaban J connectivity index is 1.79. The van der Waals surface area contributed by atoms with Gasteiger partial charge in [0.1, 0.15) is 0 Å². The molecule has 3 rings (SSSR count). The van der Waals surface area contributed by atoms with Crippen LogP contribution >= 0.6 is 11.8 Å². The average Bonchev–Trinajstić information content (AvgIpc) is 3.27. The minimum Gasteiger partial charge on any atom is -0.383 e. The number of ether oxygens (including phenoxy) is 1. The van der Waals surface area contributed by atoms with Gasteiger partial charge in [0, 0.05) is 36.2 Å². The fourth-order valence-corrected chi connectivity index (χ4v) is 4.58. The fraction of sp³-hybridized carbons (Fsp3) is 0.348. The monoisotopic (exact) mass is 424 g/mol. The van der Waals surface area contributed by atoms with Gasteiger partial charge in [-0.05, 0) is 26.8 Å².